The summed E-state index contributed by atoms with van der Waals surface area (Å²) in [4.78, 5) is 4.80. The summed E-state index contributed by atoms with van der Waals surface area (Å²) < 4.78 is 7.67. The van der Waals surface area contributed by atoms with Gasteiger partial charge >= 0.3 is 0 Å². The van der Waals surface area contributed by atoms with E-state index in [4.69, 9.17) is 21.7 Å². The number of benzene rings is 2. The summed E-state index contributed by atoms with van der Waals surface area (Å²) >= 11 is 13.0. The molecule has 7 heteroatoms. The molecule has 0 saturated carbocycles. The Balaban J connectivity index is 1.47. The van der Waals surface area contributed by atoms with Crippen molar-refractivity contribution < 1.29 is 4.74 Å². The van der Waals surface area contributed by atoms with Crippen molar-refractivity contribution in [1.29, 1.82) is 5.41 Å². The summed E-state index contributed by atoms with van der Waals surface area (Å²) in [6, 6.07) is 11.8. The fraction of sp³-hybridized carbons (Fsp3) is 0.316. The van der Waals surface area contributed by atoms with Crippen molar-refractivity contribution >= 4 is 55.4 Å². The second-order valence-corrected chi connectivity index (χ2v) is 8.26. The maximum absolute atomic E-state index is 7.34. The van der Waals surface area contributed by atoms with E-state index in [0.29, 0.717) is 6.61 Å². The smallest absolute Gasteiger partial charge is 0.147 e. The largest absolute Gasteiger partial charge is 0.490 e. The zero-order chi connectivity index (χ0) is 18.5. The van der Waals surface area contributed by atoms with Crippen molar-refractivity contribution in [2.24, 2.45) is 0 Å². The number of nitrogens with one attached hydrogen (secondary N) is 1. The number of rotatable bonds is 6. The minimum Gasteiger partial charge on any atom is -0.490 e. The first-order chi connectivity index (χ1) is 12.6. The molecule has 0 aromatic heterocycles. The van der Waals surface area contributed by atoms with Gasteiger partial charge in [-0.05, 0) is 73.8 Å². The first kappa shape index (κ1) is 19.7. The number of anilines is 1. The second-order valence-electron chi connectivity index (χ2n) is 6.11. The molecule has 0 unspecified atom stereocenters. The normalized spacial score (nSPS) is 15.1. The van der Waals surface area contributed by atoms with Crippen LogP contribution in [0.5, 0.6) is 5.75 Å². The van der Waals surface area contributed by atoms with Crippen LogP contribution in [0.4, 0.5) is 5.69 Å². The molecule has 0 spiro atoms. The topological polar surface area (TPSA) is 39.6 Å². The molecule has 2 aromatic carbocycles. The molecule has 138 valence electrons. The highest BCUT2D eigenvalue weighted by atomic mass is 79.9. The number of nitrogens with zero attached hydrogens (tertiary/aromatic N) is 2. The standard InChI is InChI=1S/C19H20Br2ClN3O/c20-17-11-14(13-23)12-18(21)19(17)26-10-9-24-5-7-25(8-6-24)16-3-1-15(22)2-4-16/h1-4,11-13,23H,5-10H2. The van der Waals surface area contributed by atoms with E-state index in [2.05, 4.69) is 53.8 Å². The number of ether oxygens (including phenoxy) is 1. The van der Waals surface area contributed by atoms with Gasteiger partial charge in [-0.25, -0.2) is 0 Å². The van der Waals surface area contributed by atoms with E-state index in [9.17, 15) is 0 Å². The summed E-state index contributed by atoms with van der Waals surface area (Å²) in [6.45, 7) is 5.55. The second kappa shape index (κ2) is 9.22. The van der Waals surface area contributed by atoms with Crippen molar-refractivity contribution in [2.45, 2.75) is 0 Å². The highest BCUT2D eigenvalue weighted by molar-refractivity contribution is 9.11. The molecule has 1 heterocycles. The Labute approximate surface area is 175 Å². The molecule has 1 fully saturated rings. The third-order valence-electron chi connectivity index (χ3n) is 4.41. The Morgan fingerprint density at radius 1 is 1.04 bits per heavy atom. The monoisotopic (exact) mass is 499 g/mol. The number of piperazine rings is 1. The zero-order valence-electron chi connectivity index (χ0n) is 14.2. The van der Waals surface area contributed by atoms with E-state index < -0.39 is 0 Å². The van der Waals surface area contributed by atoms with Gasteiger partial charge in [-0.3, -0.25) is 4.90 Å². The highest BCUT2D eigenvalue weighted by Gasteiger charge is 2.17. The molecule has 26 heavy (non-hydrogen) atoms. The van der Waals surface area contributed by atoms with E-state index in [-0.39, 0.29) is 0 Å². The quantitative estimate of drug-likeness (QED) is 0.563. The van der Waals surface area contributed by atoms with Gasteiger partial charge in [-0.15, -0.1) is 0 Å². The van der Waals surface area contributed by atoms with Gasteiger partial charge in [0.05, 0.1) is 8.95 Å². The van der Waals surface area contributed by atoms with Crippen LogP contribution in [0.3, 0.4) is 0 Å². The van der Waals surface area contributed by atoms with Crippen molar-refractivity contribution in [3.05, 3.63) is 55.9 Å². The van der Waals surface area contributed by atoms with Crippen molar-refractivity contribution in [1.82, 2.24) is 4.90 Å². The number of hydrogen-bond donors (Lipinski definition) is 1. The molecule has 0 bridgehead atoms. The van der Waals surface area contributed by atoms with E-state index in [1.165, 1.54) is 11.9 Å². The van der Waals surface area contributed by atoms with Crippen LogP contribution in [-0.4, -0.2) is 50.4 Å². The molecule has 4 nitrogen and oxygen atoms in total. The molecule has 1 aliphatic rings. The van der Waals surface area contributed by atoms with Crippen LogP contribution in [0.15, 0.2) is 45.3 Å². The van der Waals surface area contributed by atoms with Crippen molar-refractivity contribution in [2.75, 3.05) is 44.2 Å². The van der Waals surface area contributed by atoms with Crippen LogP contribution in [-0.2, 0) is 0 Å². The fourth-order valence-corrected chi connectivity index (χ4v) is 4.54. The molecule has 0 aliphatic carbocycles. The average Bonchev–Trinajstić information content (AvgIpc) is 2.65. The lowest BCUT2D eigenvalue weighted by Crippen LogP contribution is -2.47. The maximum Gasteiger partial charge on any atom is 0.147 e. The molecule has 1 saturated heterocycles. The SMILES string of the molecule is N=Cc1cc(Br)c(OCCN2CCN(c3ccc(Cl)cc3)CC2)c(Br)c1. The summed E-state index contributed by atoms with van der Waals surface area (Å²) in [7, 11) is 0. The van der Waals surface area contributed by atoms with Gasteiger partial charge in [0.15, 0.2) is 0 Å². The third kappa shape index (κ3) is 5.00. The van der Waals surface area contributed by atoms with Crippen LogP contribution < -0.4 is 9.64 Å². The van der Waals surface area contributed by atoms with Crippen molar-refractivity contribution in [3.63, 3.8) is 0 Å². The fourth-order valence-electron chi connectivity index (χ4n) is 2.96. The third-order valence-corrected chi connectivity index (χ3v) is 5.84. The van der Waals surface area contributed by atoms with Crippen LogP contribution in [0.1, 0.15) is 5.56 Å². The summed E-state index contributed by atoms with van der Waals surface area (Å²) in [5.74, 6) is 0.787. The molecule has 0 atom stereocenters. The molecule has 2 aromatic rings. The highest BCUT2D eigenvalue weighted by Crippen LogP contribution is 2.34. The minimum absolute atomic E-state index is 0.627. The summed E-state index contributed by atoms with van der Waals surface area (Å²) in [5.41, 5.74) is 2.05. The lowest BCUT2D eigenvalue weighted by molar-refractivity contribution is 0.199. The van der Waals surface area contributed by atoms with E-state index in [1.54, 1.807) is 0 Å². The molecular weight excluding hydrogens is 481 g/mol. The first-order valence-corrected chi connectivity index (χ1v) is 10.4. The molecular formula is C19H20Br2ClN3O. The van der Waals surface area contributed by atoms with Gasteiger partial charge in [0, 0.05) is 49.6 Å². The van der Waals surface area contributed by atoms with Gasteiger partial charge in [0.1, 0.15) is 12.4 Å². The predicted octanol–water partition coefficient (Wildman–Crippen LogP) is 5.06. The van der Waals surface area contributed by atoms with Crippen LogP contribution in [0.25, 0.3) is 0 Å². The van der Waals surface area contributed by atoms with E-state index in [1.807, 2.05) is 24.3 Å². The molecule has 3 rings (SSSR count). The average molecular weight is 502 g/mol. The summed E-state index contributed by atoms with van der Waals surface area (Å²) in [5, 5.41) is 8.12. The Bertz CT molecular complexity index is 739. The Morgan fingerprint density at radius 2 is 1.65 bits per heavy atom. The van der Waals surface area contributed by atoms with Crippen LogP contribution in [0, 0.1) is 5.41 Å². The predicted molar refractivity (Wildman–Crippen MR) is 115 cm³/mol. The van der Waals surface area contributed by atoms with Gasteiger partial charge in [-0.1, -0.05) is 11.6 Å². The number of hydrogen-bond acceptors (Lipinski definition) is 4. The maximum atomic E-state index is 7.34. The van der Waals surface area contributed by atoms with Gasteiger partial charge in [0.2, 0.25) is 0 Å². The molecule has 0 radical (unpaired) electrons. The minimum atomic E-state index is 0.627. The van der Waals surface area contributed by atoms with Crippen molar-refractivity contribution in [3.8, 4) is 5.75 Å². The Morgan fingerprint density at radius 3 is 2.23 bits per heavy atom. The molecule has 1 aliphatic heterocycles. The Hall–Kier alpha value is -1.08. The van der Waals surface area contributed by atoms with Gasteiger partial charge in [0.25, 0.3) is 0 Å². The Kier molecular flexibility index (Phi) is 6.98. The summed E-state index contributed by atoms with van der Waals surface area (Å²) in [6.07, 6.45) is 1.32. The van der Waals surface area contributed by atoms with Gasteiger partial charge < -0.3 is 15.0 Å². The van der Waals surface area contributed by atoms with Crippen LogP contribution in [0.2, 0.25) is 5.02 Å². The zero-order valence-corrected chi connectivity index (χ0v) is 18.1. The van der Waals surface area contributed by atoms with E-state index >= 15 is 0 Å². The first-order valence-electron chi connectivity index (χ1n) is 8.42. The lowest BCUT2D eigenvalue weighted by Gasteiger charge is -2.36. The number of halogens is 3. The van der Waals surface area contributed by atoms with Gasteiger partial charge in [-0.2, -0.15) is 0 Å². The van der Waals surface area contributed by atoms with Crippen LogP contribution >= 0.6 is 43.5 Å². The lowest BCUT2D eigenvalue weighted by atomic mass is 10.2. The van der Waals surface area contributed by atoms with E-state index in [0.717, 1.165) is 58.0 Å². The molecule has 0 amide bonds. The molecule has 1 N–H and O–H groups in total.